The highest BCUT2D eigenvalue weighted by Crippen LogP contribution is 2.46. The van der Waals surface area contributed by atoms with Gasteiger partial charge in [0, 0.05) is 11.8 Å². The second kappa shape index (κ2) is 3.23. The zero-order chi connectivity index (χ0) is 9.60. The van der Waals surface area contributed by atoms with Gasteiger partial charge in [-0.25, -0.2) is 0 Å². The van der Waals surface area contributed by atoms with E-state index in [9.17, 15) is 0 Å². The van der Waals surface area contributed by atoms with Crippen LogP contribution in [0, 0.1) is 11.8 Å². The molecule has 3 fully saturated rings. The van der Waals surface area contributed by atoms with Gasteiger partial charge in [0.2, 0.25) is 0 Å². The summed E-state index contributed by atoms with van der Waals surface area (Å²) in [5.74, 6) is 2.21. The van der Waals surface area contributed by atoms with Crippen LogP contribution in [0.1, 0.15) is 44.9 Å². The molecular formula is C13H24N+. The fourth-order valence-corrected chi connectivity index (χ4v) is 4.86. The van der Waals surface area contributed by atoms with Crippen molar-refractivity contribution in [1.82, 2.24) is 0 Å². The molecule has 3 rings (SSSR count). The highest BCUT2D eigenvalue weighted by atomic mass is 15.4. The Hall–Kier alpha value is -0.0400. The Morgan fingerprint density at radius 2 is 1.29 bits per heavy atom. The Balaban J connectivity index is 1.90. The van der Waals surface area contributed by atoms with Gasteiger partial charge in [0.15, 0.2) is 0 Å². The first-order chi connectivity index (χ1) is 6.80. The van der Waals surface area contributed by atoms with Crippen molar-refractivity contribution in [1.29, 1.82) is 0 Å². The minimum absolute atomic E-state index is 1.08. The van der Waals surface area contributed by atoms with Crippen LogP contribution in [0.3, 0.4) is 0 Å². The van der Waals surface area contributed by atoms with Gasteiger partial charge in [-0.05, 0) is 38.5 Å². The zero-order valence-electron chi connectivity index (χ0n) is 9.54. The molecule has 80 valence electrons. The van der Waals surface area contributed by atoms with Gasteiger partial charge < -0.3 is 4.48 Å². The molecule has 0 N–H and O–H groups in total. The number of rotatable bonds is 0. The smallest absolute Gasteiger partial charge is 0.0945 e. The molecule has 0 amide bonds. The van der Waals surface area contributed by atoms with Gasteiger partial charge >= 0.3 is 0 Å². The summed E-state index contributed by atoms with van der Waals surface area (Å²) in [6, 6.07) is 1.08. The molecule has 1 heteroatoms. The lowest BCUT2D eigenvalue weighted by atomic mass is 9.67. The summed E-state index contributed by atoms with van der Waals surface area (Å²) in [5.41, 5.74) is 0. The molecule has 1 saturated carbocycles. The van der Waals surface area contributed by atoms with E-state index in [2.05, 4.69) is 7.05 Å². The topological polar surface area (TPSA) is 0 Å². The maximum absolute atomic E-state index is 2.55. The summed E-state index contributed by atoms with van der Waals surface area (Å²) >= 11 is 0. The Morgan fingerprint density at radius 1 is 0.786 bits per heavy atom. The maximum atomic E-state index is 2.55. The number of quaternary nitrogens is 1. The van der Waals surface area contributed by atoms with E-state index in [0.29, 0.717) is 0 Å². The molecule has 3 aliphatic rings. The van der Waals surface area contributed by atoms with Gasteiger partial charge in [-0.3, -0.25) is 0 Å². The molecule has 2 heterocycles. The molecule has 0 radical (unpaired) electrons. The summed E-state index contributed by atoms with van der Waals surface area (Å²) in [5, 5.41) is 0. The maximum Gasteiger partial charge on any atom is 0.0945 e. The lowest BCUT2D eigenvalue weighted by molar-refractivity contribution is -0.952. The number of hydrogen-bond donors (Lipinski definition) is 0. The van der Waals surface area contributed by atoms with Crippen molar-refractivity contribution < 1.29 is 4.48 Å². The number of piperidine rings is 2. The molecule has 0 aromatic rings. The SMILES string of the molecule is C[N+]12CCCC3CCCC(CCC1)C32. The molecule has 1 aliphatic carbocycles. The van der Waals surface area contributed by atoms with Gasteiger partial charge in [-0.1, -0.05) is 6.42 Å². The van der Waals surface area contributed by atoms with E-state index in [0.717, 1.165) is 17.9 Å². The van der Waals surface area contributed by atoms with Crippen LogP contribution in [0.15, 0.2) is 0 Å². The third-order valence-corrected chi connectivity index (χ3v) is 5.32. The minimum Gasteiger partial charge on any atom is -0.323 e. The minimum atomic E-state index is 1.08. The van der Waals surface area contributed by atoms with E-state index in [4.69, 9.17) is 0 Å². The molecule has 0 bridgehead atoms. The molecule has 0 aromatic carbocycles. The predicted octanol–water partition coefficient (Wildman–Crippen LogP) is 2.81. The molecule has 2 aliphatic heterocycles. The molecule has 2 unspecified atom stereocenters. The van der Waals surface area contributed by atoms with Crippen LogP contribution >= 0.6 is 0 Å². The van der Waals surface area contributed by atoms with Crippen molar-refractivity contribution >= 4 is 0 Å². The van der Waals surface area contributed by atoms with Crippen molar-refractivity contribution in [2.45, 2.75) is 51.0 Å². The van der Waals surface area contributed by atoms with Gasteiger partial charge in [-0.2, -0.15) is 0 Å². The third kappa shape index (κ3) is 1.25. The van der Waals surface area contributed by atoms with Crippen LogP contribution < -0.4 is 0 Å². The standard InChI is InChI=1S/C13H24N/c1-14-9-3-7-11-5-2-6-12(13(11)14)8-4-10-14/h11-13H,2-10H2,1H3/q+1. The largest absolute Gasteiger partial charge is 0.323 e. The summed E-state index contributed by atoms with van der Waals surface area (Å²) in [7, 11) is 2.55. The highest BCUT2D eigenvalue weighted by Gasteiger charge is 2.49. The molecule has 2 atom stereocenters. The molecule has 0 spiro atoms. The fourth-order valence-electron chi connectivity index (χ4n) is 4.86. The fraction of sp³-hybridized carbons (Fsp3) is 1.00. The van der Waals surface area contributed by atoms with Crippen LogP contribution in [0.5, 0.6) is 0 Å². The van der Waals surface area contributed by atoms with E-state index in [1.807, 2.05) is 0 Å². The monoisotopic (exact) mass is 194 g/mol. The summed E-state index contributed by atoms with van der Waals surface area (Å²) in [6.07, 6.45) is 10.7. The van der Waals surface area contributed by atoms with E-state index in [1.165, 1.54) is 36.8 Å². The van der Waals surface area contributed by atoms with Crippen LogP contribution in [0.4, 0.5) is 0 Å². The Bertz CT molecular complexity index is 201. The van der Waals surface area contributed by atoms with Gasteiger partial charge in [-0.15, -0.1) is 0 Å². The predicted molar refractivity (Wildman–Crippen MR) is 59.0 cm³/mol. The van der Waals surface area contributed by atoms with Crippen LogP contribution in [-0.4, -0.2) is 30.7 Å². The van der Waals surface area contributed by atoms with Crippen molar-refractivity contribution in [3.63, 3.8) is 0 Å². The summed E-state index contributed by atoms with van der Waals surface area (Å²) in [4.78, 5) is 0. The Kier molecular flexibility index (Phi) is 2.12. The number of nitrogens with zero attached hydrogens (tertiary/aromatic N) is 1. The normalized spacial score (nSPS) is 52.5. The zero-order valence-corrected chi connectivity index (χ0v) is 9.54. The Morgan fingerprint density at radius 3 is 1.86 bits per heavy atom. The summed E-state index contributed by atoms with van der Waals surface area (Å²) in [6.45, 7) is 2.97. The Labute approximate surface area is 88.1 Å². The van der Waals surface area contributed by atoms with Crippen molar-refractivity contribution in [2.75, 3.05) is 20.1 Å². The average Bonchev–Trinajstić information content (AvgIpc) is 2.18. The van der Waals surface area contributed by atoms with Crippen LogP contribution in [-0.2, 0) is 0 Å². The van der Waals surface area contributed by atoms with E-state index in [1.54, 1.807) is 25.7 Å². The first-order valence-corrected chi connectivity index (χ1v) is 6.64. The quantitative estimate of drug-likeness (QED) is 0.520. The second-order valence-corrected chi connectivity index (χ2v) is 6.15. The van der Waals surface area contributed by atoms with Gasteiger partial charge in [0.1, 0.15) is 0 Å². The van der Waals surface area contributed by atoms with Crippen molar-refractivity contribution in [3.05, 3.63) is 0 Å². The van der Waals surface area contributed by atoms with Crippen molar-refractivity contribution in [3.8, 4) is 0 Å². The summed E-state index contributed by atoms with van der Waals surface area (Å²) < 4.78 is 1.45. The highest BCUT2D eigenvalue weighted by molar-refractivity contribution is 4.88. The second-order valence-electron chi connectivity index (χ2n) is 6.15. The molecule has 14 heavy (non-hydrogen) atoms. The first kappa shape index (κ1) is 9.21. The van der Waals surface area contributed by atoms with E-state index < -0.39 is 0 Å². The lowest BCUT2D eigenvalue weighted by Gasteiger charge is -2.56. The average molecular weight is 194 g/mol. The van der Waals surface area contributed by atoms with E-state index >= 15 is 0 Å². The third-order valence-electron chi connectivity index (χ3n) is 5.32. The molecule has 2 saturated heterocycles. The van der Waals surface area contributed by atoms with Crippen LogP contribution in [0.25, 0.3) is 0 Å². The molecule has 1 nitrogen and oxygen atoms in total. The van der Waals surface area contributed by atoms with Crippen molar-refractivity contribution in [2.24, 2.45) is 11.8 Å². The van der Waals surface area contributed by atoms with Crippen LogP contribution in [0.2, 0.25) is 0 Å². The molecular weight excluding hydrogens is 170 g/mol. The number of hydrogen-bond acceptors (Lipinski definition) is 0. The molecule has 0 aromatic heterocycles. The van der Waals surface area contributed by atoms with Gasteiger partial charge in [0.25, 0.3) is 0 Å². The first-order valence-electron chi connectivity index (χ1n) is 6.64. The lowest BCUT2D eigenvalue weighted by Crippen LogP contribution is -2.64. The van der Waals surface area contributed by atoms with Gasteiger partial charge in [0.05, 0.1) is 26.2 Å². The van der Waals surface area contributed by atoms with E-state index in [-0.39, 0.29) is 0 Å².